The minimum absolute atomic E-state index is 0.110. The molecule has 0 aliphatic heterocycles. The molecule has 0 saturated heterocycles. The van der Waals surface area contributed by atoms with Crippen molar-refractivity contribution < 1.29 is 14.3 Å². The molecule has 0 atom stereocenters. The van der Waals surface area contributed by atoms with Crippen molar-refractivity contribution in [2.45, 2.75) is 26.7 Å². The molecule has 0 bridgehead atoms. The highest BCUT2D eigenvalue weighted by Crippen LogP contribution is 2.37. The maximum Gasteiger partial charge on any atom is 0.298 e. The lowest BCUT2D eigenvalue weighted by Crippen LogP contribution is -1.93. The van der Waals surface area contributed by atoms with Crippen molar-refractivity contribution >= 4 is 22.5 Å². The maximum atomic E-state index is 12.0. The van der Waals surface area contributed by atoms with Crippen molar-refractivity contribution in [3.05, 3.63) is 47.4 Å². The van der Waals surface area contributed by atoms with Gasteiger partial charge in [0.1, 0.15) is 5.76 Å². The van der Waals surface area contributed by atoms with Crippen LogP contribution in [0.25, 0.3) is 10.9 Å². The van der Waals surface area contributed by atoms with Gasteiger partial charge >= 0.3 is 0 Å². The molecule has 2 heterocycles. The number of hydrogen-bond acceptors (Lipinski definition) is 4. The fraction of sp³-hybridized carbons (Fsp3) is 0.235. The lowest BCUT2D eigenvalue weighted by molar-refractivity contribution is 0.0993. The molecule has 1 amide bonds. The van der Waals surface area contributed by atoms with Crippen LogP contribution in [0.15, 0.2) is 45.2 Å². The van der Waals surface area contributed by atoms with Crippen molar-refractivity contribution in [3.63, 3.8) is 0 Å². The summed E-state index contributed by atoms with van der Waals surface area (Å²) in [7, 11) is 0. The van der Waals surface area contributed by atoms with Gasteiger partial charge in [-0.25, -0.2) is 0 Å². The van der Waals surface area contributed by atoms with E-state index >= 15 is 0 Å². The fourth-order valence-electron chi connectivity index (χ4n) is 2.40. The number of aryl methyl sites for hydroxylation is 1. The average molecular weight is 311 g/mol. The Labute approximate surface area is 132 Å². The highest BCUT2D eigenvalue weighted by molar-refractivity contribution is 5.97. The van der Waals surface area contributed by atoms with Gasteiger partial charge in [0.25, 0.3) is 5.91 Å². The summed E-state index contributed by atoms with van der Waals surface area (Å²) in [5.41, 5.74) is 2.48. The summed E-state index contributed by atoms with van der Waals surface area (Å²) in [6.07, 6.45) is 1.43. The molecule has 0 aliphatic rings. The number of rotatable bonds is 3. The SMILES string of the molecule is Cc1occc1C(=O)N=Nc1c(O)[nH]c2ccc(C(C)C)cc12. The van der Waals surface area contributed by atoms with E-state index in [1.807, 2.05) is 18.2 Å². The van der Waals surface area contributed by atoms with Crippen LogP contribution in [0.2, 0.25) is 0 Å². The topological polar surface area (TPSA) is 90.9 Å². The molecule has 0 radical (unpaired) electrons. The number of hydrogen-bond donors (Lipinski definition) is 2. The summed E-state index contributed by atoms with van der Waals surface area (Å²) in [6, 6.07) is 7.36. The number of carbonyl (C=O) groups is 1. The van der Waals surface area contributed by atoms with Crippen LogP contribution in [-0.4, -0.2) is 16.0 Å². The summed E-state index contributed by atoms with van der Waals surface area (Å²) in [5.74, 6) is 0.210. The molecule has 0 saturated carbocycles. The van der Waals surface area contributed by atoms with E-state index in [9.17, 15) is 9.90 Å². The van der Waals surface area contributed by atoms with Gasteiger partial charge in [-0.1, -0.05) is 19.9 Å². The largest absolute Gasteiger partial charge is 0.493 e. The summed E-state index contributed by atoms with van der Waals surface area (Å²) in [6.45, 7) is 5.85. The minimum Gasteiger partial charge on any atom is -0.493 e. The smallest absolute Gasteiger partial charge is 0.298 e. The van der Waals surface area contributed by atoms with Gasteiger partial charge < -0.3 is 14.5 Å². The number of amides is 1. The molecule has 1 aromatic carbocycles. The third-order valence-corrected chi connectivity index (χ3v) is 3.77. The third-order valence-electron chi connectivity index (χ3n) is 3.77. The molecule has 118 valence electrons. The molecule has 0 aliphatic carbocycles. The number of benzene rings is 1. The normalized spacial score (nSPS) is 11.8. The molecular formula is C17H17N3O3. The average Bonchev–Trinajstić information content (AvgIpc) is 3.07. The van der Waals surface area contributed by atoms with Gasteiger partial charge in [-0.15, -0.1) is 10.2 Å². The zero-order valence-corrected chi connectivity index (χ0v) is 13.1. The summed E-state index contributed by atoms with van der Waals surface area (Å²) in [4.78, 5) is 14.9. The molecule has 3 rings (SSSR count). The van der Waals surface area contributed by atoms with E-state index in [1.54, 1.807) is 13.0 Å². The monoisotopic (exact) mass is 311 g/mol. The first-order valence-electron chi connectivity index (χ1n) is 7.32. The number of fused-ring (bicyclic) bond motifs is 1. The highest BCUT2D eigenvalue weighted by atomic mass is 16.3. The first-order chi connectivity index (χ1) is 11.0. The Morgan fingerprint density at radius 1 is 1.30 bits per heavy atom. The molecule has 23 heavy (non-hydrogen) atoms. The fourth-order valence-corrected chi connectivity index (χ4v) is 2.40. The molecule has 0 spiro atoms. The second kappa shape index (κ2) is 5.72. The number of nitrogens with one attached hydrogen (secondary N) is 1. The van der Waals surface area contributed by atoms with Gasteiger partial charge in [-0.05, 0) is 36.6 Å². The molecule has 6 heteroatoms. The number of carbonyl (C=O) groups excluding carboxylic acids is 1. The van der Waals surface area contributed by atoms with E-state index < -0.39 is 5.91 Å². The van der Waals surface area contributed by atoms with E-state index in [4.69, 9.17) is 4.42 Å². The van der Waals surface area contributed by atoms with Crippen LogP contribution in [0.3, 0.4) is 0 Å². The highest BCUT2D eigenvalue weighted by Gasteiger charge is 2.14. The van der Waals surface area contributed by atoms with Gasteiger partial charge in [-0.3, -0.25) is 4.79 Å². The summed E-state index contributed by atoms with van der Waals surface area (Å²) in [5, 5.41) is 18.4. The maximum absolute atomic E-state index is 12.0. The number of nitrogens with zero attached hydrogens (tertiary/aromatic N) is 2. The number of H-pyrrole nitrogens is 1. The van der Waals surface area contributed by atoms with Crippen LogP contribution in [0.5, 0.6) is 5.88 Å². The Kier molecular flexibility index (Phi) is 3.73. The summed E-state index contributed by atoms with van der Waals surface area (Å²) < 4.78 is 5.08. The van der Waals surface area contributed by atoms with Gasteiger partial charge in [-0.2, -0.15) is 0 Å². The quantitative estimate of drug-likeness (QED) is 0.679. The van der Waals surface area contributed by atoms with Crippen LogP contribution in [0.1, 0.15) is 41.4 Å². The van der Waals surface area contributed by atoms with Crippen LogP contribution in [-0.2, 0) is 0 Å². The molecule has 0 fully saturated rings. The van der Waals surface area contributed by atoms with Crippen molar-refractivity contribution in [2.75, 3.05) is 0 Å². The molecule has 2 aromatic heterocycles. The molecular weight excluding hydrogens is 294 g/mol. The van der Waals surface area contributed by atoms with E-state index in [0.29, 0.717) is 17.2 Å². The van der Waals surface area contributed by atoms with Gasteiger partial charge in [0.05, 0.1) is 17.3 Å². The summed E-state index contributed by atoms with van der Waals surface area (Å²) >= 11 is 0. The zero-order chi connectivity index (χ0) is 16.6. The Morgan fingerprint density at radius 3 is 2.74 bits per heavy atom. The van der Waals surface area contributed by atoms with Crippen LogP contribution in [0.4, 0.5) is 5.69 Å². The number of aromatic hydroxyl groups is 1. The lowest BCUT2D eigenvalue weighted by atomic mass is 10.0. The van der Waals surface area contributed by atoms with Gasteiger partial charge in [0.2, 0.25) is 5.88 Å². The lowest BCUT2D eigenvalue weighted by Gasteiger charge is -2.04. The van der Waals surface area contributed by atoms with Crippen LogP contribution in [0, 0.1) is 6.92 Å². The van der Waals surface area contributed by atoms with E-state index in [1.165, 1.54) is 6.26 Å². The molecule has 2 N–H and O–H groups in total. The number of aromatic nitrogens is 1. The zero-order valence-electron chi connectivity index (χ0n) is 13.1. The van der Waals surface area contributed by atoms with Crippen molar-refractivity contribution in [3.8, 4) is 5.88 Å². The standard InChI is InChI=1S/C17H17N3O3/c1-9(2)11-4-5-14-13(8-11)15(17(22)18-14)19-20-16(21)12-6-7-23-10(12)3/h4-9,18,22H,1-3H3. The van der Waals surface area contributed by atoms with E-state index in [2.05, 4.69) is 29.1 Å². The van der Waals surface area contributed by atoms with Crippen LogP contribution < -0.4 is 0 Å². The van der Waals surface area contributed by atoms with Crippen molar-refractivity contribution in [1.82, 2.24) is 4.98 Å². The molecule has 6 nitrogen and oxygen atoms in total. The van der Waals surface area contributed by atoms with Crippen molar-refractivity contribution in [2.24, 2.45) is 10.2 Å². The minimum atomic E-state index is -0.509. The Hall–Kier alpha value is -2.89. The first kappa shape index (κ1) is 15.0. The van der Waals surface area contributed by atoms with Gasteiger partial charge in [0.15, 0.2) is 5.69 Å². The first-order valence-corrected chi connectivity index (χ1v) is 7.32. The Morgan fingerprint density at radius 2 is 2.09 bits per heavy atom. The Balaban J connectivity index is 2.00. The third kappa shape index (κ3) is 2.75. The second-order valence-corrected chi connectivity index (χ2v) is 5.68. The Bertz CT molecular complexity index is 903. The number of aromatic amines is 1. The predicted molar refractivity (Wildman–Crippen MR) is 86.3 cm³/mol. The van der Waals surface area contributed by atoms with E-state index in [-0.39, 0.29) is 11.6 Å². The van der Waals surface area contributed by atoms with Crippen molar-refractivity contribution in [1.29, 1.82) is 0 Å². The van der Waals surface area contributed by atoms with Crippen LogP contribution >= 0.6 is 0 Å². The molecule has 3 aromatic rings. The van der Waals surface area contributed by atoms with E-state index in [0.717, 1.165) is 16.5 Å². The number of furan rings is 1. The molecule has 0 unspecified atom stereocenters. The van der Waals surface area contributed by atoms with Gasteiger partial charge in [0, 0.05) is 5.39 Å². The predicted octanol–water partition coefficient (Wildman–Crippen LogP) is 4.82. The number of azo groups is 1. The second-order valence-electron chi connectivity index (χ2n) is 5.68.